The number of aromatic nitrogens is 3. The number of halogens is 4. The van der Waals surface area contributed by atoms with Crippen LogP contribution in [-0.4, -0.2) is 62.3 Å². The first-order chi connectivity index (χ1) is 13.7. The molecule has 0 bridgehead atoms. The van der Waals surface area contributed by atoms with Crippen molar-refractivity contribution in [1.29, 1.82) is 0 Å². The van der Waals surface area contributed by atoms with Gasteiger partial charge < -0.3 is 14.3 Å². The Balaban J connectivity index is 2.28. The number of oxime groups is 1. The molecule has 2 aromatic heterocycles. The number of hydrogen-bond donors (Lipinski definition) is 0. The van der Waals surface area contributed by atoms with E-state index in [4.69, 9.17) is 11.6 Å². The van der Waals surface area contributed by atoms with Crippen LogP contribution in [0.5, 0.6) is 0 Å². The highest BCUT2D eigenvalue weighted by molar-refractivity contribution is 7.92. The highest BCUT2D eigenvalue weighted by Crippen LogP contribution is 2.26. The molecule has 2 rings (SSSR count). The molecule has 0 radical (unpaired) electrons. The van der Waals surface area contributed by atoms with Crippen LogP contribution in [0, 0.1) is 0 Å². The van der Waals surface area contributed by atoms with E-state index in [1.165, 1.54) is 17.1 Å². The van der Waals surface area contributed by atoms with Gasteiger partial charge in [0.2, 0.25) is 5.75 Å². The third-order valence-electron chi connectivity index (χ3n) is 3.48. The number of carbonyl (C=O) groups excluding carboxylic acids is 1. The second-order valence-corrected chi connectivity index (χ2v) is 7.39. The molecular formula is C16H17ClF3N5O3S. The van der Waals surface area contributed by atoms with Gasteiger partial charge >= 0.3 is 6.18 Å². The lowest BCUT2D eigenvalue weighted by molar-refractivity contribution is -0.113. The van der Waals surface area contributed by atoms with E-state index in [0.29, 0.717) is 5.69 Å². The Labute approximate surface area is 172 Å². The fourth-order valence-corrected chi connectivity index (χ4v) is 3.53. The van der Waals surface area contributed by atoms with Crippen LogP contribution in [0.25, 0.3) is 5.69 Å². The topological polar surface area (TPSA) is 95.7 Å². The Morgan fingerprint density at radius 1 is 1.48 bits per heavy atom. The molecule has 2 aromatic rings. The van der Waals surface area contributed by atoms with Gasteiger partial charge in [0.25, 0.3) is 5.91 Å². The van der Waals surface area contributed by atoms with Crippen molar-refractivity contribution in [3.63, 3.8) is 0 Å². The summed E-state index contributed by atoms with van der Waals surface area (Å²) in [7, 11) is 1.13. The van der Waals surface area contributed by atoms with E-state index in [1.54, 1.807) is 25.3 Å². The van der Waals surface area contributed by atoms with Crippen molar-refractivity contribution in [3.05, 3.63) is 35.9 Å². The molecule has 1 amide bonds. The fraction of sp³-hybridized carbons (Fsp3) is 0.375. The number of nitrogens with zero attached hydrogens (tertiary/aromatic N) is 5. The van der Waals surface area contributed by atoms with Gasteiger partial charge in [-0.15, -0.1) is 0 Å². The molecule has 0 aliphatic carbocycles. The number of pyridine rings is 1. The van der Waals surface area contributed by atoms with Gasteiger partial charge in [0.1, 0.15) is 12.8 Å². The summed E-state index contributed by atoms with van der Waals surface area (Å²) in [5.41, 5.74) is 0.358. The molecule has 0 N–H and O–H groups in total. The first kappa shape index (κ1) is 23.0. The van der Waals surface area contributed by atoms with Crippen LogP contribution < -0.4 is 4.90 Å². The summed E-state index contributed by atoms with van der Waals surface area (Å²) in [6, 6.07) is 3.41. The van der Waals surface area contributed by atoms with Gasteiger partial charge in [0.05, 0.1) is 18.1 Å². The summed E-state index contributed by atoms with van der Waals surface area (Å²) in [6.45, 7) is 1.73. The fourth-order valence-electron chi connectivity index (χ4n) is 2.35. The van der Waals surface area contributed by atoms with Crippen molar-refractivity contribution in [2.45, 2.75) is 13.1 Å². The third kappa shape index (κ3) is 6.34. The van der Waals surface area contributed by atoms with Gasteiger partial charge in [-0.05, 0) is 30.2 Å². The van der Waals surface area contributed by atoms with Crippen LogP contribution in [0.4, 0.5) is 18.9 Å². The number of hydrogen-bond acceptors (Lipinski definition) is 6. The van der Waals surface area contributed by atoms with Crippen LogP contribution >= 0.6 is 11.6 Å². The van der Waals surface area contributed by atoms with E-state index in [2.05, 4.69) is 20.1 Å². The molecule has 1 atom stereocenters. The van der Waals surface area contributed by atoms with Gasteiger partial charge in [-0.25, -0.2) is 4.68 Å². The molecule has 0 aromatic carbocycles. The zero-order chi connectivity index (χ0) is 21.6. The number of amides is 1. The predicted molar refractivity (Wildman–Crippen MR) is 103 cm³/mol. The Hall–Kier alpha value is -2.31. The number of anilines is 1. The highest BCUT2D eigenvalue weighted by atomic mass is 35.5. The lowest BCUT2D eigenvalue weighted by Crippen LogP contribution is -2.41. The Kier molecular flexibility index (Phi) is 7.88. The molecule has 13 heteroatoms. The summed E-state index contributed by atoms with van der Waals surface area (Å²) in [5, 5.41) is 7.57. The summed E-state index contributed by atoms with van der Waals surface area (Å²) < 4.78 is 50.6. The highest BCUT2D eigenvalue weighted by Gasteiger charge is 2.37. The van der Waals surface area contributed by atoms with Crippen molar-refractivity contribution in [1.82, 2.24) is 14.8 Å². The minimum atomic E-state index is -4.63. The maximum absolute atomic E-state index is 12.9. The summed E-state index contributed by atoms with van der Waals surface area (Å²) in [4.78, 5) is 22.5. The molecule has 8 nitrogen and oxygen atoms in total. The summed E-state index contributed by atoms with van der Waals surface area (Å²) >= 11 is 3.77. The van der Waals surface area contributed by atoms with Crippen LogP contribution in [0.15, 0.2) is 35.9 Å². The second kappa shape index (κ2) is 9.94. The van der Waals surface area contributed by atoms with E-state index in [9.17, 15) is 22.5 Å². The predicted octanol–water partition coefficient (Wildman–Crippen LogP) is 2.59. The Morgan fingerprint density at radius 2 is 2.21 bits per heavy atom. The van der Waals surface area contributed by atoms with Crippen LogP contribution in [0.1, 0.15) is 6.92 Å². The van der Waals surface area contributed by atoms with Crippen molar-refractivity contribution in [3.8, 4) is 5.69 Å². The zero-order valence-corrected chi connectivity index (χ0v) is 17.0. The Bertz CT molecular complexity index is 863. The number of rotatable bonds is 8. The first-order valence-electron chi connectivity index (χ1n) is 8.15. The normalized spacial score (nSPS) is 13.3. The molecule has 0 fully saturated rings. The van der Waals surface area contributed by atoms with Crippen molar-refractivity contribution >= 4 is 40.1 Å². The average Bonchev–Trinajstić information content (AvgIpc) is 3.03. The minimum absolute atomic E-state index is 0.0165. The van der Waals surface area contributed by atoms with Crippen LogP contribution in [-0.2, 0) is 20.8 Å². The average molecular weight is 452 g/mol. The number of alkyl halides is 3. The SMILES string of the molecule is CCN(C(=O)C(C[S+]([O-])CC(F)(F)F)=NOC)c1cn(-c2cccnc2)nc1Cl. The quantitative estimate of drug-likeness (QED) is 0.349. The molecular weight excluding hydrogens is 435 g/mol. The van der Waals surface area contributed by atoms with Gasteiger partial charge in [0.15, 0.2) is 16.6 Å². The molecule has 1 unspecified atom stereocenters. The molecule has 2 heterocycles. The van der Waals surface area contributed by atoms with Crippen LogP contribution in [0.2, 0.25) is 5.15 Å². The molecule has 0 aliphatic rings. The largest absolute Gasteiger partial charge is 0.616 e. The molecule has 158 valence electrons. The monoisotopic (exact) mass is 451 g/mol. The zero-order valence-electron chi connectivity index (χ0n) is 15.4. The number of carbonyl (C=O) groups is 1. The summed E-state index contributed by atoms with van der Waals surface area (Å²) in [5.74, 6) is -3.08. The van der Waals surface area contributed by atoms with E-state index in [1.807, 2.05) is 0 Å². The maximum Gasteiger partial charge on any atom is 0.433 e. The van der Waals surface area contributed by atoms with Gasteiger partial charge in [-0.1, -0.05) is 16.8 Å². The molecule has 0 saturated carbocycles. The lowest BCUT2D eigenvalue weighted by Gasteiger charge is -2.21. The van der Waals surface area contributed by atoms with E-state index >= 15 is 0 Å². The lowest BCUT2D eigenvalue weighted by atomic mass is 10.3. The van der Waals surface area contributed by atoms with Crippen molar-refractivity contribution in [2.24, 2.45) is 5.16 Å². The molecule has 29 heavy (non-hydrogen) atoms. The van der Waals surface area contributed by atoms with E-state index in [0.717, 1.165) is 12.0 Å². The third-order valence-corrected chi connectivity index (χ3v) is 5.00. The van der Waals surface area contributed by atoms with Gasteiger partial charge in [-0.3, -0.25) is 9.78 Å². The van der Waals surface area contributed by atoms with E-state index in [-0.39, 0.29) is 17.4 Å². The van der Waals surface area contributed by atoms with Gasteiger partial charge in [0, 0.05) is 12.7 Å². The smallest absolute Gasteiger partial charge is 0.433 e. The Morgan fingerprint density at radius 3 is 2.76 bits per heavy atom. The van der Waals surface area contributed by atoms with Crippen LogP contribution in [0.3, 0.4) is 0 Å². The molecule has 0 aliphatic heterocycles. The molecule has 0 saturated heterocycles. The van der Waals surface area contributed by atoms with Gasteiger partial charge in [-0.2, -0.15) is 18.3 Å². The maximum atomic E-state index is 12.9. The minimum Gasteiger partial charge on any atom is -0.616 e. The second-order valence-electron chi connectivity index (χ2n) is 5.57. The van der Waals surface area contributed by atoms with Crippen molar-refractivity contribution in [2.75, 3.05) is 30.1 Å². The summed E-state index contributed by atoms with van der Waals surface area (Å²) in [6.07, 6.45) is -0.0577. The standard InChI is InChI=1S/C16H17ClF3N5O3S/c1-3-24(13-8-25(22-14(13)17)11-5-4-6-21-7-11)15(26)12(23-28-2)9-29(27)10-16(18,19)20/h4-8H,3,9-10H2,1-2H3. The van der Waals surface area contributed by atoms with E-state index < -0.39 is 40.5 Å². The molecule has 0 spiro atoms. The first-order valence-corrected chi connectivity index (χ1v) is 10.0. The van der Waals surface area contributed by atoms with Crippen molar-refractivity contribution < 1.29 is 27.4 Å².